The number of rotatable bonds is 8. The summed E-state index contributed by atoms with van der Waals surface area (Å²) in [6, 6.07) is 0.548. The lowest BCUT2D eigenvalue weighted by Gasteiger charge is -2.32. The molecule has 1 unspecified atom stereocenters. The molecule has 0 saturated heterocycles. The Balaban J connectivity index is 4.15. The molecule has 0 heterocycles. The molecule has 0 fully saturated rings. The van der Waals surface area contributed by atoms with Gasteiger partial charge in [0.15, 0.2) is 0 Å². The molecular formula is C12H29N3. The van der Waals surface area contributed by atoms with E-state index in [0.717, 1.165) is 32.6 Å². The number of nitrogens with two attached hydrogens (primary N) is 1. The molecule has 3 heteroatoms. The van der Waals surface area contributed by atoms with E-state index >= 15 is 0 Å². The smallest absolute Gasteiger partial charge is 0.0216 e. The van der Waals surface area contributed by atoms with Crippen LogP contribution in [0.4, 0.5) is 0 Å². The Morgan fingerprint density at radius 2 is 1.73 bits per heavy atom. The second-order valence-corrected chi connectivity index (χ2v) is 4.99. The van der Waals surface area contributed by atoms with Crippen LogP contribution < -0.4 is 5.73 Å². The minimum absolute atomic E-state index is 0.548. The molecule has 0 saturated carbocycles. The molecular weight excluding hydrogens is 186 g/mol. The van der Waals surface area contributed by atoms with E-state index in [2.05, 4.69) is 44.7 Å². The quantitative estimate of drug-likeness (QED) is 0.661. The van der Waals surface area contributed by atoms with E-state index in [-0.39, 0.29) is 0 Å². The molecule has 0 radical (unpaired) electrons. The lowest BCUT2D eigenvalue weighted by molar-refractivity contribution is 0.159. The zero-order chi connectivity index (χ0) is 11.8. The number of hydrogen-bond acceptors (Lipinski definition) is 3. The van der Waals surface area contributed by atoms with Gasteiger partial charge in [0.2, 0.25) is 0 Å². The Hall–Kier alpha value is -0.120. The molecule has 92 valence electrons. The Labute approximate surface area is 95.6 Å². The first-order valence-electron chi connectivity index (χ1n) is 6.10. The van der Waals surface area contributed by atoms with Crippen LogP contribution in [0.2, 0.25) is 0 Å². The van der Waals surface area contributed by atoms with Gasteiger partial charge in [-0.3, -0.25) is 4.90 Å². The molecule has 15 heavy (non-hydrogen) atoms. The van der Waals surface area contributed by atoms with Gasteiger partial charge in [0.1, 0.15) is 0 Å². The summed E-state index contributed by atoms with van der Waals surface area (Å²) in [4.78, 5) is 4.77. The molecule has 0 spiro atoms. The predicted octanol–water partition coefficient (Wildman–Crippen LogP) is 1.24. The molecule has 3 nitrogen and oxygen atoms in total. The van der Waals surface area contributed by atoms with Crippen LogP contribution >= 0.6 is 0 Å². The summed E-state index contributed by atoms with van der Waals surface area (Å²) in [5.41, 5.74) is 5.81. The van der Waals surface area contributed by atoms with Crippen molar-refractivity contribution in [3.63, 3.8) is 0 Å². The van der Waals surface area contributed by atoms with Crippen LogP contribution in [0, 0.1) is 5.92 Å². The minimum Gasteiger partial charge on any atom is -0.329 e. The summed E-state index contributed by atoms with van der Waals surface area (Å²) in [7, 11) is 4.24. The molecule has 0 aromatic carbocycles. The zero-order valence-corrected chi connectivity index (χ0v) is 11.2. The molecule has 0 aliphatic heterocycles. The molecule has 0 aromatic rings. The normalized spacial score (nSPS) is 14.2. The maximum Gasteiger partial charge on any atom is 0.0216 e. The van der Waals surface area contributed by atoms with Crippen LogP contribution in [0.1, 0.15) is 27.2 Å². The van der Waals surface area contributed by atoms with E-state index < -0.39 is 0 Å². The maximum atomic E-state index is 5.81. The topological polar surface area (TPSA) is 32.5 Å². The van der Waals surface area contributed by atoms with Crippen molar-refractivity contribution in [2.75, 3.05) is 40.3 Å². The van der Waals surface area contributed by atoms with Gasteiger partial charge in [0.05, 0.1) is 0 Å². The van der Waals surface area contributed by atoms with Crippen molar-refractivity contribution in [1.82, 2.24) is 9.80 Å². The Morgan fingerprint density at radius 3 is 2.07 bits per heavy atom. The van der Waals surface area contributed by atoms with Crippen LogP contribution in [0.25, 0.3) is 0 Å². The Morgan fingerprint density at radius 1 is 1.13 bits per heavy atom. The monoisotopic (exact) mass is 215 g/mol. The Kier molecular flexibility index (Phi) is 8.02. The third-order valence-corrected chi connectivity index (χ3v) is 2.69. The van der Waals surface area contributed by atoms with Gasteiger partial charge in [-0.25, -0.2) is 0 Å². The van der Waals surface area contributed by atoms with Gasteiger partial charge in [-0.05, 0) is 26.4 Å². The summed E-state index contributed by atoms with van der Waals surface area (Å²) < 4.78 is 0. The average molecular weight is 215 g/mol. The van der Waals surface area contributed by atoms with Crippen molar-refractivity contribution < 1.29 is 0 Å². The van der Waals surface area contributed by atoms with E-state index in [0.29, 0.717) is 12.0 Å². The fraction of sp³-hybridized carbons (Fsp3) is 1.00. The second kappa shape index (κ2) is 8.08. The summed E-state index contributed by atoms with van der Waals surface area (Å²) >= 11 is 0. The highest BCUT2D eigenvalue weighted by Crippen LogP contribution is 2.06. The van der Waals surface area contributed by atoms with Crippen molar-refractivity contribution in [1.29, 1.82) is 0 Å². The van der Waals surface area contributed by atoms with Gasteiger partial charge >= 0.3 is 0 Å². The van der Waals surface area contributed by atoms with Crippen molar-refractivity contribution in [3.8, 4) is 0 Å². The first kappa shape index (κ1) is 14.9. The number of nitrogens with zero attached hydrogens (tertiary/aromatic N) is 2. The fourth-order valence-corrected chi connectivity index (χ4v) is 1.79. The maximum absolute atomic E-state index is 5.81. The van der Waals surface area contributed by atoms with Crippen molar-refractivity contribution in [2.45, 2.75) is 33.2 Å². The Bertz CT molecular complexity index is 142. The van der Waals surface area contributed by atoms with Gasteiger partial charge in [0, 0.05) is 32.2 Å². The minimum atomic E-state index is 0.548. The zero-order valence-electron chi connectivity index (χ0n) is 11.2. The molecule has 2 N–H and O–H groups in total. The molecule has 0 amide bonds. The summed E-state index contributed by atoms with van der Waals surface area (Å²) in [6.07, 6.45) is 1.15. The van der Waals surface area contributed by atoms with E-state index in [4.69, 9.17) is 5.73 Å². The van der Waals surface area contributed by atoms with Crippen LogP contribution in [0.15, 0.2) is 0 Å². The van der Waals surface area contributed by atoms with Gasteiger partial charge in [-0.15, -0.1) is 0 Å². The summed E-state index contributed by atoms with van der Waals surface area (Å²) in [5, 5.41) is 0. The number of likely N-dealkylation sites (N-methyl/N-ethyl adjacent to an activating group) is 1. The van der Waals surface area contributed by atoms with E-state index in [1.165, 1.54) is 0 Å². The molecule has 0 rings (SSSR count). The SMILES string of the molecule is CCC(CN)N(CCN(C)C)CC(C)C. The largest absolute Gasteiger partial charge is 0.329 e. The molecule has 0 aromatic heterocycles. The van der Waals surface area contributed by atoms with Crippen molar-refractivity contribution >= 4 is 0 Å². The highest BCUT2D eigenvalue weighted by atomic mass is 15.2. The van der Waals surface area contributed by atoms with Crippen molar-refractivity contribution in [2.24, 2.45) is 11.7 Å². The van der Waals surface area contributed by atoms with Crippen LogP contribution in [0.5, 0.6) is 0 Å². The molecule has 0 bridgehead atoms. The summed E-state index contributed by atoms with van der Waals surface area (Å²) in [6.45, 7) is 10.9. The lowest BCUT2D eigenvalue weighted by atomic mass is 10.1. The van der Waals surface area contributed by atoms with Gasteiger partial charge in [-0.2, -0.15) is 0 Å². The van der Waals surface area contributed by atoms with Gasteiger partial charge in [0.25, 0.3) is 0 Å². The number of hydrogen-bond donors (Lipinski definition) is 1. The van der Waals surface area contributed by atoms with E-state index in [9.17, 15) is 0 Å². The van der Waals surface area contributed by atoms with Crippen LogP contribution in [-0.2, 0) is 0 Å². The average Bonchev–Trinajstić information content (AvgIpc) is 2.14. The third kappa shape index (κ3) is 6.88. The highest BCUT2D eigenvalue weighted by molar-refractivity contribution is 4.73. The molecule has 0 aliphatic rings. The van der Waals surface area contributed by atoms with Crippen molar-refractivity contribution in [3.05, 3.63) is 0 Å². The van der Waals surface area contributed by atoms with Crippen LogP contribution in [0.3, 0.4) is 0 Å². The fourth-order valence-electron chi connectivity index (χ4n) is 1.79. The molecule has 0 aliphatic carbocycles. The molecule has 1 atom stereocenters. The van der Waals surface area contributed by atoms with E-state index in [1.807, 2.05) is 0 Å². The third-order valence-electron chi connectivity index (χ3n) is 2.69. The van der Waals surface area contributed by atoms with Gasteiger partial charge < -0.3 is 10.6 Å². The van der Waals surface area contributed by atoms with E-state index in [1.54, 1.807) is 0 Å². The van der Waals surface area contributed by atoms with Gasteiger partial charge in [-0.1, -0.05) is 20.8 Å². The van der Waals surface area contributed by atoms with Crippen LogP contribution in [-0.4, -0.2) is 56.1 Å². The first-order valence-corrected chi connectivity index (χ1v) is 6.10. The summed E-state index contributed by atoms with van der Waals surface area (Å²) in [5.74, 6) is 0.716. The standard InChI is InChI=1S/C12H29N3/c1-6-12(9-13)15(10-11(2)3)8-7-14(4)5/h11-12H,6-10,13H2,1-5H3. The first-order chi connectivity index (χ1) is 7.01. The second-order valence-electron chi connectivity index (χ2n) is 4.99. The predicted molar refractivity (Wildman–Crippen MR) is 68.1 cm³/mol. The lowest BCUT2D eigenvalue weighted by Crippen LogP contribution is -2.45. The highest BCUT2D eigenvalue weighted by Gasteiger charge is 2.16.